The van der Waals surface area contributed by atoms with E-state index in [-0.39, 0.29) is 5.78 Å². The van der Waals surface area contributed by atoms with Crippen molar-refractivity contribution in [2.75, 3.05) is 14.2 Å². The predicted octanol–water partition coefficient (Wildman–Crippen LogP) is 3.95. The number of ether oxygens (including phenoxy) is 2. The largest absolute Gasteiger partial charge is 0.493 e. The summed E-state index contributed by atoms with van der Waals surface area (Å²) in [7, 11) is 3.24. The molecule has 0 aliphatic carbocycles. The summed E-state index contributed by atoms with van der Waals surface area (Å²) in [6.45, 7) is 2.14. The third-order valence-electron chi connectivity index (χ3n) is 3.13. The maximum Gasteiger partial charge on any atom is 0.160 e. The van der Waals surface area contributed by atoms with Gasteiger partial charge in [0.05, 0.1) is 14.2 Å². The van der Waals surface area contributed by atoms with E-state index in [4.69, 9.17) is 9.47 Å². The van der Waals surface area contributed by atoms with Crippen molar-refractivity contribution < 1.29 is 14.3 Å². The molecule has 0 unspecified atom stereocenters. The van der Waals surface area contributed by atoms with Crippen molar-refractivity contribution in [1.82, 2.24) is 0 Å². The van der Waals surface area contributed by atoms with Gasteiger partial charge in [0.15, 0.2) is 17.3 Å². The summed E-state index contributed by atoms with van der Waals surface area (Å²) in [5.74, 6) is 1.64. The highest BCUT2D eigenvalue weighted by atomic mass is 16.5. The molecule has 1 aromatic rings. The Morgan fingerprint density at radius 1 is 1.15 bits per heavy atom. The van der Waals surface area contributed by atoms with Gasteiger partial charge in [0, 0.05) is 6.42 Å². The van der Waals surface area contributed by atoms with Crippen LogP contribution in [0.2, 0.25) is 0 Å². The second-order valence-corrected chi connectivity index (χ2v) is 4.72. The molecule has 0 saturated heterocycles. The molecule has 3 nitrogen and oxygen atoms in total. The summed E-state index contributed by atoms with van der Waals surface area (Å²) >= 11 is 0. The molecule has 0 N–H and O–H groups in total. The minimum atomic E-state index is 0.207. The first-order valence-corrected chi connectivity index (χ1v) is 7.11. The fourth-order valence-corrected chi connectivity index (χ4v) is 1.97. The number of rotatable bonds is 9. The topological polar surface area (TPSA) is 35.5 Å². The summed E-state index contributed by atoms with van der Waals surface area (Å²) in [4.78, 5) is 11.6. The average molecular weight is 276 g/mol. The lowest BCUT2D eigenvalue weighted by molar-refractivity contribution is -0.114. The summed E-state index contributed by atoms with van der Waals surface area (Å²) in [6, 6.07) is 5.79. The molecular weight excluding hydrogens is 252 g/mol. The first-order valence-electron chi connectivity index (χ1n) is 7.11. The zero-order valence-electron chi connectivity index (χ0n) is 12.6. The molecule has 1 rings (SSSR count). The molecule has 20 heavy (non-hydrogen) atoms. The van der Waals surface area contributed by atoms with Crippen LogP contribution in [0.15, 0.2) is 30.4 Å². The molecule has 0 amide bonds. The molecule has 110 valence electrons. The van der Waals surface area contributed by atoms with E-state index in [2.05, 4.69) is 6.92 Å². The van der Waals surface area contributed by atoms with Crippen LogP contribution in [-0.2, 0) is 11.2 Å². The highest BCUT2D eigenvalue weighted by Gasteiger charge is 2.03. The zero-order chi connectivity index (χ0) is 14.8. The third-order valence-corrected chi connectivity index (χ3v) is 3.13. The average Bonchev–Trinajstić information content (AvgIpc) is 2.47. The van der Waals surface area contributed by atoms with E-state index >= 15 is 0 Å². The molecule has 1 aromatic carbocycles. The molecule has 0 bridgehead atoms. The molecular formula is C17H24O3. The Balaban J connectivity index is 2.50. The van der Waals surface area contributed by atoms with Gasteiger partial charge in [-0.1, -0.05) is 31.9 Å². The smallest absolute Gasteiger partial charge is 0.160 e. The Kier molecular flexibility index (Phi) is 7.48. The van der Waals surface area contributed by atoms with E-state index in [0.717, 1.165) is 37.0 Å². The summed E-state index contributed by atoms with van der Waals surface area (Å²) in [5, 5.41) is 0. The van der Waals surface area contributed by atoms with Gasteiger partial charge in [0.25, 0.3) is 0 Å². The van der Waals surface area contributed by atoms with Crippen LogP contribution in [0.4, 0.5) is 0 Å². The first kappa shape index (κ1) is 16.3. The molecule has 0 aliphatic heterocycles. The standard InChI is InChI=1S/C17H24O3/c1-4-5-6-9-15(18)10-7-8-14-11-12-16(19-2)17(13-14)20-3/h7,10-13H,4-6,8-9H2,1-3H3. The highest BCUT2D eigenvalue weighted by Crippen LogP contribution is 2.27. The van der Waals surface area contributed by atoms with Crippen molar-refractivity contribution in [1.29, 1.82) is 0 Å². The maximum absolute atomic E-state index is 11.6. The molecule has 0 aliphatic rings. The maximum atomic E-state index is 11.6. The van der Waals surface area contributed by atoms with E-state index in [1.165, 1.54) is 0 Å². The van der Waals surface area contributed by atoms with E-state index < -0.39 is 0 Å². The van der Waals surface area contributed by atoms with Gasteiger partial charge in [-0.2, -0.15) is 0 Å². The lowest BCUT2D eigenvalue weighted by atomic mass is 10.1. The molecule has 0 heterocycles. The van der Waals surface area contributed by atoms with Crippen molar-refractivity contribution >= 4 is 5.78 Å². The van der Waals surface area contributed by atoms with Gasteiger partial charge in [0.1, 0.15) is 0 Å². The Morgan fingerprint density at radius 3 is 2.55 bits per heavy atom. The SMILES string of the molecule is CCCCCC(=O)C=CCc1ccc(OC)c(OC)c1. The van der Waals surface area contributed by atoms with Gasteiger partial charge >= 0.3 is 0 Å². The number of methoxy groups -OCH3 is 2. The number of hydrogen-bond acceptors (Lipinski definition) is 3. The predicted molar refractivity (Wildman–Crippen MR) is 81.5 cm³/mol. The first-order chi connectivity index (χ1) is 9.71. The molecule has 0 atom stereocenters. The summed E-state index contributed by atoms with van der Waals surface area (Å²) in [6.07, 6.45) is 8.21. The minimum absolute atomic E-state index is 0.207. The minimum Gasteiger partial charge on any atom is -0.493 e. The van der Waals surface area contributed by atoms with Crippen molar-refractivity contribution in [3.8, 4) is 11.5 Å². The van der Waals surface area contributed by atoms with Crippen LogP contribution in [0.5, 0.6) is 11.5 Å². The van der Waals surface area contributed by atoms with E-state index in [1.807, 2.05) is 24.3 Å². The van der Waals surface area contributed by atoms with Crippen LogP contribution < -0.4 is 9.47 Å². The fraction of sp³-hybridized carbons (Fsp3) is 0.471. The van der Waals surface area contributed by atoms with Crippen LogP contribution in [0, 0.1) is 0 Å². The molecule has 0 fully saturated rings. The van der Waals surface area contributed by atoms with Gasteiger partial charge in [0.2, 0.25) is 0 Å². The number of hydrogen-bond donors (Lipinski definition) is 0. The second kappa shape index (κ2) is 9.18. The molecule has 0 radical (unpaired) electrons. The van der Waals surface area contributed by atoms with Crippen LogP contribution >= 0.6 is 0 Å². The van der Waals surface area contributed by atoms with Crippen LogP contribution in [-0.4, -0.2) is 20.0 Å². The fourth-order valence-electron chi connectivity index (χ4n) is 1.97. The normalized spacial score (nSPS) is 10.8. The Labute approximate surface area is 121 Å². The third kappa shape index (κ3) is 5.47. The number of benzene rings is 1. The monoisotopic (exact) mass is 276 g/mol. The Bertz CT molecular complexity index is 450. The van der Waals surface area contributed by atoms with Crippen LogP contribution in [0.25, 0.3) is 0 Å². The number of carbonyl (C=O) groups excluding carboxylic acids is 1. The van der Waals surface area contributed by atoms with E-state index in [1.54, 1.807) is 20.3 Å². The number of ketones is 1. The van der Waals surface area contributed by atoms with Crippen LogP contribution in [0.1, 0.15) is 38.2 Å². The van der Waals surface area contributed by atoms with E-state index in [0.29, 0.717) is 12.2 Å². The molecule has 3 heteroatoms. The van der Waals surface area contributed by atoms with Gasteiger partial charge in [-0.05, 0) is 36.6 Å². The number of allylic oxidation sites excluding steroid dienone is 2. The summed E-state index contributed by atoms with van der Waals surface area (Å²) in [5.41, 5.74) is 1.10. The van der Waals surface area contributed by atoms with Crippen molar-refractivity contribution in [2.24, 2.45) is 0 Å². The van der Waals surface area contributed by atoms with Crippen molar-refractivity contribution in [3.63, 3.8) is 0 Å². The van der Waals surface area contributed by atoms with Crippen molar-refractivity contribution in [2.45, 2.75) is 39.0 Å². The van der Waals surface area contributed by atoms with Gasteiger partial charge in [-0.3, -0.25) is 4.79 Å². The quantitative estimate of drug-likeness (QED) is 0.506. The Morgan fingerprint density at radius 2 is 1.90 bits per heavy atom. The lowest BCUT2D eigenvalue weighted by Crippen LogP contribution is -1.94. The molecule has 0 spiro atoms. The molecule has 0 saturated carbocycles. The van der Waals surface area contributed by atoms with Gasteiger partial charge in [-0.25, -0.2) is 0 Å². The zero-order valence-corrected chi connectivity index (χ0v) is 12.6. The second-order valence-electron chi connectivity index (χ2n) is 4.72. The van der Waals surface area contributed by atoms with Crippen molar-refractivity contribution in [3.05, 3.63) is 35.9 Å². The number of unbranched alkanes of at least 4 members (excludes halogenated alkanes) is 2. The molecule has 0 aromatic heterocycles. The lowest BCUT2D eigenvalue weighted by Gasteiger charge is -2.08. The van der Waals surface area contributed by atoms with E-state index in [9.17, 15) is 4.79 Å². The summed E-state index contributed by atoms with van der Waals surface area (Å²) < 4.78 is 10.4. The Hall–Kier alpha value is -1.77. The van der Waals surface area contributed by atoms with Gasteiger partial charge < -0.3 is 9.47 Å². The van der Waals surface area contributed by atoms with Gasteiger partial charge in [-0.15, -0.1) is 0 Å². The number of carbonyl (C=O) groups is 1. The van der Waals surface area contributed by atoms with Crippen LogP contribution in [0.3, 0.4) is 0 Å². The highest BCUT2D eigenvalue weighted by molar-refractivity contribution is 5.89.